The van der Waals surface area contributed by atoms with Gasteiger partial charge in [0.1, 0.15) is 0 Å². The molecular formula is C9H18N2O. The smallest absolute Gasteiger partial charge is 0.216 e. The van der Waals surface area contributed by atoms with Gasteiger partial charge in [0.15, 0.2) is 0 Å². The van der Waals surface area contributed by atoms with E-state index in [1.54, 1.807) is 6.92 Å². The van der Waals surface area contributed by atoms with Gasteiger partial charge in [-0.2, -0.15) is 0 Å². The molecule has 1 unspecified atom stereocenters. The molecule has 0 aliphatic carbocycles. The van der Waals surface area contributed by atoms with Crippen LogP contribution in [0.4, 0.5) is 0 Å². The fourth-order valence-electron chi connectivity index (χ4n) is 1.38. The predicted molar refractivity (Wildman–Crippen MR) is 48.9 cm³/mol. The van der Waals surface area contributed by atoms with Gasteiger partial charge in [-0.15, -0.1) is 0 Å². The van der Waals surface area contributed by atoms with Crippen LogP contribution in [-0.2, 0) is 4.79 Å². The SMILES string of the molecule is CC(=O)NCCCCC1CCN1. The van der Waals surface area contributed by atoms with Crippen LogP contribution in [0, 0.1) is 0 Å². The minimum absolute atomic E-state index is 0.0803. The van der Waals surface area contributed by atoms with Crippen LogP contribution >= 0.6 is 0 Å². The molecule has 0 aromatic rings. The highest BCUT2D eigenvalue weighted by Gasteiger charge is 2.14. The molecule has 3 nitrogen and oxygen atoms in total. The van der Waals surface area contributed by atoms with Crippen molar-refractivity contribution in [3.05, 3.63) is 0 Å². The van der Waals surface area contributed by atoms with Crippen molar-refractivity contribution in [2.75, 3.05) is 13.1 Å². The molecule has 0 bridgehead atoms. The summed E-state index contributed by atoms with van der Waals surface area (Å²) in [5.74, 6) is 0.0803. The summed E-state index contributed by atoms with van der Waals surface area (Å²) in [4.78, 5) is 10.5. The van der Waals surface area contributed by atoms with E-state index < -0.39 is 0 Å². The Morgan fingerprint density at radius 3 is 2.83 bits per heavy atom. The molecule has 1 fully saturated rings. The maximum Gasteiger partial charge on any atom is 0.216 e. The molecule has 1 saturated heterocycles. The van der Waals surface area contributed by atoms with E-state index >= 15 is 0 Å². The molecule has 1 atom stereocenters. The molecule has 1 rings (SSSR count). The Morgan fingerprint density at radius 1 is 1.58 bits per heavy atom. The van der Waals surface area contributed by atoms with Crippen molar-refractivity contribution in [3.63, 3.8) is 0 Å². The molecule has 0 spiro atoms. The van der Waals surface area contributed by atoms with Crippen molar-refractivity contribution in [1.29, 1.82) is 0 Å². The Bertz CT molecular complexity index is 143. The summed E-state index contributed by atoms with van der Waals surface area (Å²) in [6.45, 7) is 3.59. The standard InChI is InChI=1S/C9H18N2O/c1-8(12)10-6-3-2-4-9-5-7-11-9/h9,11H,2-7H2,1H3,(H,10,12). The normalized spacial score (nSPS) is 21.6. The minimum Gasteiger partial charge on any atom is -0.356 e. The van der Waals surface area contributed by atoms with E-state index in [4.69, 9.17) is 0 Å². The molecule has 12 heavy (non-hydrogen) atoms. The third-order valence-corrected chi connectivity index (χ3v) is 2.28. The monoisotopic (exact) mass is 170 g/mol. The first-order valence-corrected chi connectivity index (χ1v) is 4.77. The minimum atomic E-state index is 0.0803. The zero-order chi connectivity index (χ0) is 8.81. The zero-order valence-electron chi connectivity index (χ0n) is 7.73. The molecule has 1 aliphatic rings. The number of nitrogens with one attached hydrogen (secondary N) is 2. The lowest BCUT2D eigenvalue weighted by Gasteiger charge is -2.27. The topological polar surface area (TPSA) is 41.1 Å². The molecular weight excluding hydrogens is 152 g/mol. The van der Waals surface area contributed by atoms with E-state index in [1.807, 2.05) is 0 Å². The van der Waals surface area contributed by atoms with Crippen molar-refractivity contribution >= 4 is 5.91 Å². The van der Waals surface area contributed by atoms with Crippen LogP contribution in [0.25, 0.3) is 0 Å². The van der Waals surface area contributed by atoms with E-state index in [0.717, 1.165) is 19.0 Å². The van der Waals surface area contributed by atoms with Crippen LogP contribution in [0.15, 0.2) is 0 Å². The largest absolute Gasteiger partial charge is 0.356 e. The van der Waals surface area contributed by atoms with Crippen LogP contribution in [0.5, 0.6) is 0 Å². The number of rotatable bonds is 5. The van der Waals surface area contributed by atoms with Gasteiger partial charge < -0.3 is 10.6 Å². The van der Waals surface area contributed by atoms with Gasteiger partial charge in [-0.05, 0) is 25.8 Å². The van der Waals surface area contributed by atoms with Crippen LogP contribution in [0.2, 0.25) is 0 Å². The lowest BCUT2D eigenvalue weighted by atomic mass is 10.0. The number of carbonyl (C=O) groups excluding carboxylic acids is 1. The second-order valence-corrected chi connectivity index (χ2v) is 3.42. The predicted octanol–water partition coefficient (Wildman–Crippen LogP) is 0.655. The molecule has 70 valence electrons. The van der Waals surface area contributed by atoms with E-state index in [0.29, 0.717) is 0 Å². The van der Waals surface area contributed by atoms with Crippen molar-refractivity contribution in [1.82, 2.24) is 10.6 Å². The molecule has 1 amide bonds. The Labute approximate surface area is 73.9 Å². The third-order valence-electron chi connectivity index (χ3n) is 2.28. The van der Waals surface area contributed by atoms with Crippen LogP contribution < -0.4 is 10.6 Å². The summed E-state index contributed by atoms with van der Waals surface area (Å²) >= 11 is 0. The van der Waals surface area contributed by atoms with Gasteiger partial charge in [-0.25, -0.2) is 0 Å². The summed E-state index contributed by atoms with van der Waals surface area (Å²) in [5, 5.41) is 6.15. The van der Waals surface area contributed by atoms with Crippen LogP contribution in [0.1, 0.15) is 32.6 Å². The van der Waals surface area contributed by atoms with E-state index in [1.165, 1.54) is 25.8 Å². The number of carbonyl (C=O) groups is 1. The summed E-state index contributed by atoms with van der Waals surface area (Å²) in [7, 11) is 0. The fraction of sp³-hybridized carbons (Fsp3) is 0.889. The quantitative estimate of drug-likeness (QED) is 0.595. The summed E-state index contributed by atoms with van der Waals surface area (Å²) < 4.78 is 0. The first kappa shape index (κ1) is 9.52. The molecule has 0 saturated carbocycles. The lowest BCUT2D eigenvalue weighted by Crippen LogP contribution is -2.42. The summed E-state index contributed by atoms with van der Waals surface area (Å²) in [6, 6.07) is 0.766. The number of amides is 1. The van der Waals surface area contributed by atoms with Gasteiger partial charge in [0.2, 0.25) is 5.91 Å². The highest BCUT2D eigenvalue weighted by molar-refractivity contribution is 5.72. The number of unbranched alkanes of at least 4 members (excludes halogenated alkanes) is 1. The zero-order valence-corrected chi connectivity index (χ0v) is 7.73. The number of hydrogen-bond donors (Lipinski definition) is 2. The van der Waals surface area contributed by atoms with Crippen molar-refractivity contribution in [3.8, 4) is 0 Å². The van der Waals surface area contributed by atoms with Crippen molar-refractivity contribution < 1.29 is 4.79 Å². The van der Waals surface area contributed by atoms with Gasteiger partial charge in [0.25, 0.3) is 0 Å². The molecule has 1 heterocycles. The molecule has 0 aromatic carbocycles. The van der Waals surface area contributed by atoms with Gasteiger partial charge in [0, 0.05) is 19.5 Å². The average molecular weight is 170 g/mol. The third kappa shape index (κ3) is 3.72. The maximum atomic E-state index is 10.5. The summed E-state index contributed by atoms with van der Waals surface area (Å²) in [6.07, 6.45) is 4.93. The lowest BCUT2D eigenvalue weighted by molar-refractivity contribution is -0.118. The second kappa shape index (κ2) is 5.14. The van der Waals surface area contributed by atoms with E-state index in [-0.39, 0.29) is 5.91 Å². The molecule has 0 aromatic heterocycles. The van der Waals surface area contributed by atoms with Crippen LogP contribution in [-0.4, -0.2) is 25.0 Å². The Morgan fingerprint density at radius 2 is 2.33 bits per heavy atom. The van der Waals surface area contributed by atoms with Gasteiger partial charge in [0.05, 0.1) is 0 Å². The first-order valence-electron chi connectivity index (χ1n) is 4.77. The highest BCUT2D eigenvalue weighted by Crippen LogP contribution is 2.09. The fourth-order valence-corrected chi connectivity index (χ4v) is 1.38. The van der Waals surface area contributed by atoms with Crippen LogP contribution in [0.3, 0.4) is 0 Å². The number of hydrogen-bond acceptors (Lipinski definition) is 2. The first-order chi connectivity index (χ1) is 5.79. The molecule has 1 aliphatic heterocycles. The maximum absolute atomic E-state index is 10.5. The van der Waals surface area contributed by atoms with Gasteiger partial charge in [-0.1, -0.05) is 6.42 Å². The Hall–Kier alpha value is -0.570. The molecule has 3 heteroatoms. The molecule has 0 radical (unpaired) electrons. The summed E-state index contributed by atoms with van der Waals surface area (Å²) in [5.41, 5.74) is 0. The Kier molecular flexibility index (Phi) is 4.08. The Balaban J connectivity index is 1.79. The highest BCUT2D eigenvalue weighted by atomic mass is 16.1. The van der Waals surface area contributed by atoms with Gasteiger partial charge in [-0.3, -0.25) is 4.79 Å². The van der Waals surface area contributed by atoms with Gasteiger partial charge >= 0.3 is 0 Å². The van der Waals surface area contributed by atoms with Crippen molar-refractivity contribution in [2.24, 2.45) is 0 Å². The average Bonchev–Trinajstić information content (AvgIpc) is 1.92. The van der Waals surface area contributed by atoms with E-state index in [2.05, 4.69) is 10.6 Å². The van der Waals surface area contributed by atoms with E-state index in [9.17, 15) is 4.79 Å². The van der Waals surface area contributed by atoms with Crippen molar-refractivity contribution in [2.45, 2.75) is 38.6 Å². The second-order valence-electron chi connectivity index (χ2n) is 3.42. The molecule has 2 N–H and O–H groups in total.